The maximum atomic E-state index is 11.5. The highest BCUT2D eigenvalue weighted by molar-refractivity contribution is 5.92. The van der Waals surface area contributed by atoms with Crippen molar-refractivity contribution in [1.82, 2.24) is 4.57 Å². The molecule has 0 fully saturated rings. The molecule has 0 unspecified atom stereocenters. The van der Waals surface area contributed by atoms with Gasteiger partial charge in [0.25, 0.3) is 0 Å². The molecule has 1 aliphatic carbocycles. The Morgan fingerprint density at radius 3 is 2.55 bits per heavy atom. The van der Waals surface area contributed by atoms with E-state index in [9.17, 15) is 9.90 Å². The number of carbonyl (C=O) groups is 1. The largest absolute Gasteiger partial charge is 0.478 e. The first-order valence-electron chi connectivity index (χ1n) is 7.04. The second kappa shape index (κ2) is 4.51. The van der Waals surface area contributed by atoms with Crippen LogP contribution in [0.25, 0.3) is 5.69 Å². The van der Waals surface area contributed by atoms with Gasteiger partial charge in [-0.3, -0.25) is 0 Å². The van der Waals surface area contributed by atoms with Crippen molar-refractivity contribution in [3.05, 3.63) is 51.8 Å². The van der Waals surface area contributed by atoms with Crippen LogP contribution in [0.15, 0.2) is 18.2 Å². The van der Waals surface area contributed by atoms with E-state index in [4.69, 9.17) is 0 Å². The van der Waals surface area contributed by atoms with Crippen LogP contribution < -0.4 is 0 Å². The van der Waals surface area contributed by atoms with Crippen molar-refractivity contribution in [2.24, 2.45) is 0 Å². The Kier molecular flexibility index (Phi) is 2.93. The Labute approximate surface area is 118 Å². The number of benzene rings is 1. The molecule has 0 spiro atoms. The molecule has 0 aliphatic heterocycles. The fraction of sp³-hybridized carbons (Fsp3) is 0.353. The number of hydrogen-bond acceptors (Lipinski definition) is 1. The van der Waals surface area contributed by atoms with Gasteiger partial charge in [0.2, 0.25) is 0 Å². The molecule has 1 aromatic heterocycles. The summed E-state index contributed by atoms with van der Waals surface area (Å²) in [5.74, 6) is -0.803. The maximum absolute atomic E-state index is 11.5. The predicted molar refractivity (Wildman–Crippen MR) is 79.0 cm³/mol. The van der Waals surface area contributed by atoms with Crippen molar-refractivity contribution in [3.8, 4) is 5.69 Å². The van der Waals surface area contributed by atoms with E-state index in [0.29, 0.717) is 5.56 Å². The van der Waals surface area contributed by atoms with Crippen LogP contribution in [0.2, 0.25) is 0 Å². The van der Waals surface area contributed by atoms with Crippen molar-refractivity contribution in [3.63, 3.8) is 0 Å². The number of aryl methyl sites for hydroxylation is 2. The number of carboxylic acids is 1. The molecule has 0 radical (unpaired) electrons. The molecule has 0 atom stereocenters. The zero-order valence-electron chi connectivity index (χ0n) is 12.2. The number of carboxylic acid groups (broad SMARTS) is 1. The average molecular weight is 269 g/mol. The molecule has 1 aliphatic rings. The molecule has 3 heteroatoms. The van der Waals surface area contributed by atoms with Gasteiger partial charge < -0.3 is 9.67 Å². The van der Waals surface area contributed by atoms with Gasteiger partial charge in [0, 0.05) is 17.1 Å². The molecule has 3 rings (SSSR count). The highest BCUT2D eigenvalue weighted by atomic mass is 16.4. The number of nitrogens with zero attached hydrogens (tertiary/aromatic N) is 1. The van der Waals surface area contributed by atoms with Gasteiger partial charge in [-0.25, -0.2) is 4.79 Å². The van der Waals surface area contributed by atoms with Crippen molar-refractivity contribution < 1.29 is 9.90 Å². The second-order valence-corrected chi connectivity index (χ2v) is 5.65. The molecule has 1 aromatic carbocycles. The van der Waals surface area contributed by atoms with E-state index < -0.39 is 5.97 Å². The summed E-state index contributed by atoms with van der Waals surface area (Å²) < 4.78 is 2.14. The summed E-state index contributed by atoms with van der Waals surface area (Å²) in [4.78, 5) is 11.5. The van der Waals surface area contributed by atoms with Crippen molar-refractivity contribution >= 4 is 5.97 Å². The molecule has 20 heavy (non-hydrogen) atoms. The molecule has 1 heterocycles. The Balaban J connectivity index is 2.26. The molecule has 3 nitrogen and oxygen atoms in total. The van der Waals surface area contributed by atoms with E-state index in [2.05, 4.69) is 36.6 Å². The van der Waals surface area contributed by atoms with Crippen molar-refractivity contribution in [2.75, 3.05) is 0 Å². The lowest BCUT2D eigenvalue weighted by Gasteiger charge is -2.12. The highest BCUT2D eigenvalue weighted by Gasteiger charge is 2.28. The van der Waals surface area contributed by atoms with Crippen LogP contribution >= 0.6 is 0 Å². The van der Waals surface area contributed by atoms with Crippen molar-refractivity contribution in [1.29, 1.82) is 0 Å². The van der Waals surface area contributed by atoms with Gasteiger partial charge in [-0.2, -0.15) is 0 Å². The molecular weight excluding hydrogens is 250 g/mol. The smallest absolute Gasteiger partial charge is 0.337 e. The summed E-state index contributed by atoms with van der Waals surface area (Å²) in [5.41, 5.74) is 7.15. The third-order valence-electron chi connectivity index (χ3n) is 4.42. The molecule has 0 saturated heterocycles. The first-order valence-corrected chi connectivity index (χ1v) is 7.04. The summed E-state index contributed by atoms with van der Waals surface area (Å²) in [7, 11) is 0. The van der Waals surface area contributed by atoms with Gasteiger partial charge in [-0.1, -0.05) is 6.07 Å². The first-order chi connectivity index (χ1) is 9.50. The number of fused-ring (bicyclic) bond motifs is 1. The zero-order chi connectivity index (χ0) is 14.4. The summed E-state index contributed by atoms with van der Waals surface area (Å²) in [6, 6.07) is 6.33. The summed E-state index contributed by atoms with van der Waals surface area (Å²) in [6.07, 6.45) is 2.90. The minimum Gasteiger partial charge on any atom is -0.478 e. The normalized spacial score (nSPS) is 13.6. The van der Waals surface area contributed by atoms with E-state index in [-0.39, 0.29) is 0 Å². The molecule has 0 bridgehead atoms. The standard InChI is InChI=1S/C17H19NO2/c1-10-7-8-13(9-11(10)2)18-12(3)16(17(19)20)14-5-4-6-15(14)18/h7-9H,4-6H2,1-3H3,(H,19,20). The fourth-order valence-corrected chi connectivity index (χ4v) is 3.27. The minimum absolute atomic E-state index is 0.510. The maximum Gasteiger partial charge on any atom is 0.337 e. The van der Waals surface area contributed by atoms with Crippen molar-refractivity contribution in [2.45, 2.75) is 40.0 Å². The van der Waals surface area contributed by atoms with Crippen LogP contribution in [0, 0.1) is 20.8 Å². The summed E-state index contributed by atoms with van der Waals surface area (Å²) in [6.45, 7) is 6.10. The van der Waals surface area contributed by atoms with E-state index in [1.54, 1.807) is 0 Å². The van der Waals surface area contributed by atoms with Crippen LogP contribution in [0.4, 0.5) is 0 Å². The van der Waals surface area contributed by atoms with Crippen LogP contribution in [0.1, 0.15) is 44.9 Å². The summed E-state index contributed by atoms with van der Waals surface area (Å²) >= 11 is 0. The summed E-state index contributed by atoms with van der Waals surface area (Å²) in [5, 5.41) is 9.48. The minimum atomic E-state index is -0.803. The SMILES string of the molecule is Cc1ccc(-n2c(C)c(C(=O)O)c3c2CCC3)cc1C. The third-order valence-corrected chi connectivity index (χ3v) is 4.42. The van der Waals surface area contributed by atoms with Gasteiger partial charge in [-0.15, -0.1) is 0 Å². The topological polar surface area (TPSA) is 42.2 Å². The predicted octanol–water partition coefficient (Wildman–Crippen LogP) is 3.59. The molecule has 2 aromatic rings. The van der Waals surface area contributed by atoms with Gasteiger partial charge in [-0.05, 0) is 68.9 Å². The van der Waals surface area contributed by atoms with Gasteiger partial charge in [0.15, 0.2) is 0 Å². The van der Waals surface area contributed by atoms with Crippen LogP contribution in [0.5, 0.6) is 0 Å². The van der Waals surface area contributed by atoms with Gasteiger partial charge >= 0.3 is 5.97 Å². The lowest BCUT2D eigenvalue weighted by atomic mass is 10.1. The zero-order valence-corrected chi connectivity index (χ0v) is 12.2. The Morgan fingerprint density at radius 2 is 1.90 bits per heavy atom. The highest BCUT2D eigenvalue weighted by Crippen LogP contribution is 2.33. The fourth-order valence-electron chi connectivity index (χ4n) is 3.27. The van der Waals surface area contributed by atoms with Crippen LogP contribution in [-0.2, 0) is 12.8 Å². The number of aromatic carboxylic acids is 1. The van der Waals surface area contributed by atoms with E-state index in [1.165, 1.54) is 16.8 Å². The second-order valence-electron chi connectivity index (χ2n) is 5.65. The van der Waals surface area contributed by atoms with Gasteiger partial charge in [0.1, 0.15) is 0 Å². The molecule has 1 N–H and O–H groups in total. The first kappa shape index (κ1) is 13.0. The lowest BCUT2D eigenvalue weighted by Crippen LogP contribution is -2.05. The lowest BCUT2D eigenvalue weighted by molar-refractivity contribution is 0.0695. The van der Waals surface area contributed by atoms with E-state index >= 15 is 0 Å². The van der Waals surface area contributed by atoms with E-state index in [1.807, 2.05) is 6.92 Å². The number of hydrogen-bond donors (Lipinski definition) is 1. The molecule has 104 valence electrons. The monoisotopic (exact) mass is 269 g/mol. The van der Waals surface area contributed by atoms with Crippen LogP contribution in [0.3, 0.4) is 0 Å². The average Bonchev–Trinajstić information content (AvgIpc) is 2.91. The third kappa shape index (κ3) is 1.77. The molecule has 0 amide bonds. The Hall–Kier alpha value is -2.03. The molecular formula is C17H19NO2. The Bertz CT molecular complexity index is 710. The molecule has 0 saturated carbocycles. The number of aromatic nitrogens is 1. The number of rotatable bonds is 2. The Morgan fingerprint density at radius 1 is 1.15 bits per heavy atom. The van der Waals surface area contributed by atoms with Crippen LogP contribution in [-0.4, -0.2) is 15.6 Å². The quantitative estimate of drug-likeness (QED) is 0.905. The van der Waals surface area contributed by atoms with E-state index in [0.717, 1.165) is 36.2 Å². The van der Waals surface area contributed by atoms with Gasteiger partial charge in [0.05, 0.1) is 5.56 Å².